The van der Waals surface area contributed by atoms with E-state index in [2.05, 4.69) is 5.10 Å². The molecule has 0 amide bonds. The van der Waals surface area contributed by atoms with Crippen LogP contribution in [0, 0.1) is 0 Å². The van der Waals surface area contributed by atoms with Crippen molar-refractivity contribution in [3.8, 4) is 0 Å². The van der Waals surface area contributed by atoms with E-state index < -0.39 is 17.8 Å². The summed E-state index contributed by atoms with van der Waals surface area (Å²) in [6.07, 6.45) is -1.23. The molecular weight excluding hydrogens is 205 g/mol. The van der Waals surface area contributed by atoms with Gasteiger partial charge >= 0.3 is 5.97 Å². The number of alkyl halides is 1. The van der Waals surface area contributed by atoms with Gasteiger partial charge in [0.15, 0.2) is 0 Å². The molecule has 0 spiro atoms. The summed E-state index contributed by atoms with van der Waals surface area (Å²) in [7, 11) is 3.37. The summed E-state index contributed by atoms with van der Waals surface area (Å²) in [6.45, 7) is 0. The Balaban J connectivity index is 3.14. The minimum atomic E-state index is -2.45. The molecule has 0 aromatic carbocycles. The predicted molar refractivity (Wildman–Crippen MR) is 50.6 cm³/mol. The number of hydrogen-bond acceptors (Lipinski definition) is 4. The molecule has 6 nitrogen and oxygen atoms in total. The number of aromatic nitrogens is 2. The normalized spacial score (nSPS) is 12.2. The van der Waals surface area contributed by atoms with Crippen LogP contribution < -0.4 is 10.5 Å². The molecule has 0 bridgehead atoms. The van der Waals surface area contributed by atoms with Crippen molar-refractivity contribution in [2.45, 2.75) is 6.30 Å². The molecule has 0 aliphatic rings. The fourth-order valence-corrected chi connectivity index (χ4v) is 0.928. The zero-order valence-electron chi connectivity index (χ0n) is 8.22. The molecule has 1 N–H and O–H groups in total. The first kappa shape index (κ1) is 11.2. The largest absolute Gasteiger partial charge is 0.478 e. The Kier molecular flexibility index (Phi) is 3.03. The molecule has 0 aliphatic carbocycles. The summed E-state index contributed by atoms with van der Waals surface area (Å²) < 4.78 is 13.2. The molecule has 1 aromatic rings. The Labute approximate surface area is 84.6 Å². The van der Waals surface area contributed by atoms with Crippen LogP contribution in [-0.4, -0.2) is 35.0 Å². The zero-order valence-corrected chi connectivity index (χ0v) is 8.22. The maximum Gasteiger partial charge on any atom is 0.361 e. The summed E-state index contributed by atoms with van der Waals surface area (Å²) >= 11 is 0. The highest BCUT2D eigenvalue weighted by molar-refractivity contribution is 5.69. The molecule has 0 saturated heterocycles. The predicted octanol–water partition coefficient (Wildman–Crippen LogP) is -0.138. The second-order valence-electron chi connectivity index (χ2n) is 3.07. The van der Waals surface area contributed by atoms with Gasteiger partial charge in [0, 0.05) is 20.2 Å². The van der Waals surface area contributed by atoms with E-state index in [0.29, 0.717) is 5.69 Å². The van der Waals surface area contributed by atoms with Crippen LogP contribution in [-0.2, 0) is 4.79 Å². The molecular formula is C8H10FN3O3. The van der Waals surface area contributed by atoms with Gasteiger partial charge in [-0.2, -0.15) is 9.78 Å². The Hall–Kier alpha value is -1.92. The second-order valence-corrected chi connectivity index (χ2v) is 3.07. The number of anilines is 1. The van der Waals surface area contributed by atoms with Crippen molar-refractivity contribution in [1.82, 2.24) is 9.78 Å². The van der Waals surface area contributed by atoms with Gasteiger partial charge in [-0.3, -0.25) is 4.79 Å². The quantitative estimate of drug-likeness (QED) is 0.759. The van der Waals surface area contributed by atoms with E-state index >= 15 is 0 Å². The summed E-state index contributed by atoms with van der Waals surface area (Å²) in [5.74, 6) is -1.75. The third-order valence-corrected chi connectivity index (χ3v) is 1.75. The molecule has 0 radical (unpaired) electrons. The smallest absolute Gasteiger partial charge is 0.361 e. The zero-order chi connectivity index (χ0) is 11.6. The van der Waals surface area contributed by atoms with Crippen LogP contribution in [0.25, 0.3) is 0 Å². The van der Waals surface area contributed by atoms with Gasteiger partial charge in [-0.05, 0) is 0 Å². The number of nitrogens with zero attached hydrogens (tertiary/aromatic N) is 3. The van der Waals surface area contributed by atoms with Gasteiger partial charge in [-0.1, -0.05) is 0 Å². The van der Waals surface area contributed by atoms with Crippen molar-refractivity contribution in [3.05, 3.63) is 22.6 Å². The molecule has 1 unspecified atom stereocenters. The monoisotopic (exact) mass is 215 g/mol. The fraction of sp³-hybridized carbons (Fsp3) is 0.375. The highest BCUT2D eigenvalue weighted by Crippen LogP contribution is 2.07. The number of hydrogen-bond donors (Lipinski definition) is 1. The fourth-order valence-electron chi connectivity index (χ4n) is 0.928. The van der Waals surface area contributed by atoms with E-state index in [1.165, 1.54) is 6.20 Å². The SMILES string of the molecule is CN(C)c1cnn(C(F)C(=O)O)c(=O)c1. The van der Waals surface area contributed by atoms with Gasteiger partial charge in [-0.15, -0.1) is 0 Å². The van der Waals surface area contributed by atoms with Crippen LogP contribution in [0.4, 0.5) is 10.1 Å². The number of aliphatic carboxylic acids is 1. The lowest BCUT2D eigenvalue weighted by Crippen LogP contribution is -2.29. The minimum absolute atomic E-state index is 0.273. The van der Waals surface area contributed by atoms with Gasteiger partial charge in [0.1, 0.15) is 0 Å². The highest BCUT2D eigenvalue weighted by Gasteiger charge is 2.20. The number of carboxylic acid groups (broad SMARTS) is 1. The first-order chi connectivity index (χ1) is 6.93. The summed E-state index contributed by atoms with van der Waals surface area (Å²) in [6, 6.07) is 1.11. The van der Waals surface area contributed by atoms with E-state index in [-0.39, 0.29) is 4.68 Å². The molecule has 7 heteroatoms. The molecule has 0 aliphatic heterocycles. The van der Waals surface area contributed by atoms with Crippen molar-refractivity contribution in [1.29, 1.82) is 0 Å². The van der Waals surface area contributed by atoms with Crippen molar-refractivity contribution in [2.75, 3.05) is 19.0 Å². The Bertz CT molecular complexity index is 429. The summed E-state index contributed by atoms with van der Waals surface area (Å²) in [5, 5.41) is 11.8. The van der Waals surface area contributed by atoms with Crippen molar-refractivity contribution in [2.24, 2.45) is 0 Å². The number of carboxylic acids is 1. The van der Waals surface area contributed by atoms with Gasteiger partial charge in [-0.25, -0.2) is 9.18 Å². The molecule has 1 heterocycles. The number of carbonyl (C=O) groups is 1. The van der Waals surface area contributed by atoms with Gasteiger partial charge in [0.05, 0.1) is 11.9 Å². The molecule has 82 valence electrons. The average Bonchev–Trinajstić information content (AvgIpc) is 2.16. The third kappa shape index (κ3) is 2.30. The topological polar surface area (TPSA) is 75.4 Å². The molecule has 1 atom stereocenters. The molecule has 1 aromatic heterocycles. The lowest BCUT2D eigenvalue weighted by Gasteiger charge is -2.12. The number of halogens is 1. The Morgan fingerprint density at radius 1 is 1.67 bits per heavy atom. The maximum absolute atomic E-state index is 12.9. The molecule has 0 fully saturated rings. The Morgan fingerprint density at radius 3 is 2.67 bits per heavy atom. The van der Waals surface area contributed by atoms with Crippen LogP contribution >= 0.6 is 0 Å². The van der Waals surface area contributed by atoms with E-state index in [4.69, 9.17) is 5.11 Å². The Morgan fingerprint density at radius 2 is 2.27 bits per heavy atom. The van der Waals surface area contributed by atoms with E-state index in [0.717, 1.165) is 6.07 Å². The lowest BCUT2D eigenvalue weighted by atomic mass is 10.4. The van der Waals surface area contributed by atoms with E-state index in [1.807, 2.05) is 0 Å². The molecule has 0 saturated carbocycles. The molecule has 1 rings (SSSR count). The van der Waals surface area contributed by atoms with Crippen LogP contribution in [0.1, 0.15) is 6.30 Å². The second kappa shape index (κ2) is 4.07. The van der Waals surface area contributed by atoms with Crippen LogP contribution in [0.3, 0.4) is 0 Å². The maximum atomic E-state index is 12.9. The lowest BCUT2D eigenvalue weighted by molar-refractivity contribution is -0.147. The standard InChI is InChI=1S/C8H10FN3O3/c1-11(2)5-3-6(13)12(10-4-5)7(9)8(14)15/h3-4,7H,1-2H3,(H,14,15). The van der Waals surface area contributed by atoms with E-state index in [9.17, 15) is 14.0 Å². The third-order valence-electron chi connectivity index (χ3n) is 1.75. The number of rotatable bonds is 3. The summed E-state index contributed by atoms with van der Waals surface area (Å²) in [5.41, 5.74) is -0.315. The van der Waals surface area contributed by atoms with Gasteiger partial charge in [0.25, 0.3) is 11.9 Å². The first-order valence-corrected chi connectivity index (χ1v) is 4.06. The van der Waals surface area contributed by atoms with Gasteiger partial charge < -0.3 is 10.0 Å². The van der Waals surface area contributed by atoms with Crippen LogP contribution in [0.15, 0.2) is 17.1 Å². The van der Waals surface area contributed by atoms with Crippen LogP contribution in [0.2, 0.25) is 0 Å². The highest BCUT2D eigenvalue weighted by atomic mass is 19.1. The van der Waals surface area contributed by atoms with Crippen molar-refractivity contribution < 1.29 is 14.3 Å². The van der Waals surface area contributed by atoms with E-state index in [1.54, 1.807) is 19.0 Å². The van der Waals surface area contributed by atoms with Crippen molar-refractivity contribution in [3.63, 3.8) is 0 Å². The van der Waals surface area contributed by atoms with Gasteiger partial charge in [0.2, 0.25) is 0 Å². The summed E-state index contributed by atoms with van der Waals surface area (Å²) in [4.78, 5) is 23.2. The minimum Gasteiger partial charge on any atom is -0.478 e. The van der Waals surface area contributed by atoms with Crippen LogP contribution in [0.5, 0.6) is 0 Å². The molecule has 15 heavy (non-hydrogen) atoms. The first-order valence-electron chi connectivity index (χ1n) is 4.06. The average molecular weight is 215 g/mol. The van der Waals surface area contributed by atoms with Crippen molar-refractivity contribution >= 4 is 11.7 Å².